The van der Waals surface area contributed by atoms with E-state index < -0.39 is 17.2 Å². The third kappa shape index (κ3) is 2.61. The van der Waals surface area contributed by atoms with Gasteiger partial charge in [-0.15, -0.1) is 0 Å². The number of likely N-dealkylation sites (N-methyl/N-ethyl adjacent to an activating group) is 1. The van der Waals surface area contributed by atoms with Crippen LogP contribution in [-0.4, -0.2) is 45.9 Å². The summed E-state index contributed by atoms with van der Waals surface area (Å²) in [7, 11) is 1.71. The number of carbonyl (C=O) groups excluding carboxylic acids is 1. The fourth-order valence-electron chi connectivity index (χ4n) is 4.48. The molecule has 1 aromatic carbocycles. The number of imidazole rings is 1. The maximum Gasteiger partial charge on any atom is 0.410 e. The second-order valence-corrected chi connectivity index (χ2v) is 7.93. The van der Waals surface area contributed by atoms with Gasteiger partial charge in [0.05, 0.1) is 35.5 Å². The Morgan fingerprint density at radius 3 is 3.00 bits per heavy atom. The summed E-state index contributed by atoms with van der Waals surface area (Å²) in [5, 5.41) is 9.14. The standard InChI is InChI=1S/C19H21FN4O2/c1-18(9-19(6-5-16(18)20)11-23(2)17(25)26-19)10-24-12-22-14-4-3-13(8-21)7-15(14)24/h3-4,7,12,16H,5-6,9-11H2,1-2H3/t16-,18+,19+/m1/s1. The van der Waals surface area contributed by atoms with Crippen LogP contribution in [0.25, 0.3) is 11.0 Å². The van der Waals surface area contributed by atoms with Crippen LogP contribution < -0.4 is 0 Å². The molecule has 2 heterocycles. The molecule has 4 rings (SSSR count). The first-order chi connectivity index (χ1) is 12.3. The summed E-state index contributed by atoms with van der Waals surface area (Å²) >= 11 is 0. The van der Waals surface area contributed by atoms with Gasteiger partial charge in [0.1, 0.15) is 11.8 Å². The van der Waals surface area contributed by atoms with Crippen molar-refractivity contribution in [3.8, 4) is 6.07 Å². The molecule has 0 unspecified atom stereocenters. The van der Waals surface area contributed by atoms with Gasteiger partial charge in [-0.1, -0.05) is 6.92 Å². The van der Waals surface area contributed by atoms with Crippen molar-refractivity contribution in [3.05, 3.63) is 30.1 Å². The zero-order valence-electron chi connectivity index (χ0n) is 14.9. The number of fused-ring (bicyclic) bond motifs is 1. The highest BCUT2D eigenvalue weighted by molar-refractivity contribution is 5.77. The minimum atomic E-state index is -0.991. The minimum Gasteiger partial charge on any atom is -0.441 e. The molecule has 0 N–H and O–H groups in total. The van der Waals surface area contributed by atoms with Crippen molar-refractivity contribution in [1.29, 1.82) is 5.26 Å². The van der Waals surface area contributed by atoms with Gasteiger partial charge in [-0.05, 0) is 37.5 Å². The van der Waals surface area contributed by atoms with Gasteiger partial charge in [-0.3, -0.25) is 0 Å². The average Bonchev–Trinajstić information content (AvgIpc) is 3.12. The van der Waals surface area contributed by atoms with Crippen molar-refractivity contribution in [2.75, 3.05) is 13.6 Å². The quantitative estimate of drug-likeness (QED) is 0.828. The van der Waals surface area contributed by atoms with E-state index in [1.165, 1.54) is 0 Å². The van der Waals surface area contributed by atoms with Crippen molar-refractivity contribution >= 4 is 17.1 Å². The first-order valence-corrected chi connectivity index (χ1v) is 8.77. The molecule has 1 aliphatic carbocycles. The van der Waals surface area contributed by atoms with Crippen molar-refractivity contribution < 1.29 is 13.9 Å². The molecule has 1 spiro atoms. The highest BCUT2D eigenvalue weighted by atomic mass is 19.1. The molecule has 1 aliphatic heterocycles. The highest BCUT2D eigenvalue weighted by Crippen LogP contribution is 2.48. The van der Waals surface area contributed by atoms with E-state index in [0.29, 0.717) is 37.9 Å². The zero-order valence-corrected chi connectivity index (χ0v) is 14.9. The first kappa shape index (κ1) is 16.8. The molecule has 136 valence electrons. The summed E-state index contributed by atoms with van der Waals surface area (Å²) < 4.78 is 22.5. The summed E-state index contributed by atoms with van der Waals surface area (Å²) in [6, 6.07) is 7.43. The van der Waals surface area contributed by atoms with E-state index in [2.05, 4.69) is 11.1 Å². The van der Waals surface area contributed by atoms with Crippen molar-refractivity contribution in [2.24, 2.45) is 5.41 Å². The molecule has 7 heteroatoms. The molecule has 1 saturated heterocycles. The van der Waals surface area contributed by atoms with Crippen LogP contribution in [0.5, 0.6) is 0 Å². The molecule has 2 aromatic rings. The van der Waals surface area contributed by atoms with Crippen molar-refractivity contribution in [1.82, 2.24) is 14.5 Å². The Kier molecular flexibility index (Phi) is 3.69. The third-order valence-electron chi connectivity index (χ3n) is 5.76. The van der Waals surface area contributed by atoms with Crippen LogP contribution in [-0.2, 0) is 11.3 Å². The maximum absolute atomic E-state index is 15.0. The van der Waals surface area contributed by atoms with E-state index in [4.69, 9.17) is 10.00 Å². The Hall–Kier alpha value is -2.62. The minimum absolute atomic E-state index is 0.337. The number of nitriles is 1. The number of hydrogen-bond acceptors (Lipinski definition) is 4. The number of ether oxygens (including phenoxy) is 1. The van der Waals surface area contributed by atoms with Gasteiger partial charge in [-0.2, -0.15) is 5.26 Å². The predicted octanol–water partition coefficient (Wildman–Crippen LogP) is 3.26. The fraction of sp³-hybridized carbons (Fsp3) is 0.526. The van der Waals surface area contributed by atoms with Crippen LogP contribution in [0.4, 0.5) is 9.18 Å². The summed E-state index contributed by atoms with van der Waals surface area (Å²) in [6.07, 6.45) is 1.74. The van der Waals surface area contributed by atoms with Crippen LogP contribution in [0.2, 0.25) is 0 Å². The van der Waals surface area contributed by atoms with E-state index in [0.717, 1.165) is 11.0 Å². The Bertz CT molecular complexity index is 920. The van der Waals surface area contributed by atoms with Crippen LogP contribution in [0.1, 0.15) is 31.7 Å². The molecule has 26 heavy (non-hydrogen) atoms. The molecule has 2 fully saturated rings. The number of alkyl halides is 1. The van der Waals surface area contributed by atoms with Crippen LogP contribution in [0.15, 0.2) is 24.5 Å². The maximum atomic E-state index is 15.0. The number of rotatable bonds is 2. The molecular formula is C19H21FN4O2. The van der Waals surface area contributed by atoms with Crippen LogP contribution in [0.3, 0.4) is 0 Å². The number of benzene rings is 1. The Balaban J connectivity index is 1.66. The van der Waals surface area contributed by atoms with Crippen LogP contribution >= 0.6 is 0 Å². The lowest BCUT2D eigenvalue weighted by Gasteiger charge is -2.45. The van der Waals surface area contributed by atoms with E-state index in [1.54, 1.807) is 36.5 Å². The number of aromatic nitrogens is 2. The van der Waals surface area contributed by atoms with Gasteiger partial charge in [-0.25, -0.2) is 14.2 Å². The molecular weight excluding hydrogens is 335 g/mol. The molecule has 2 aliphatic rings. The highest BCUT2D eigenvalue weighted by Gasteiger charge is 2.54. The second-order valence-electron chi connectivity index (χ2n) is 7.93. The molecule has 1 aromatic heterocycles. The van der Waals surface area contributed by atoms with Gasteiger partial charge in [0.25, 0.3) is 0 Å². The van der Waals surface area contributed by atoms with E-state index >= 15 is 0 Å². The zero-order chi connectivity index (χ0) is 18.5. The Morgan fingerprint density at radius 2 is 2.31 bits per heavy atom. The van der Waals surface area contributed by atoms with Crippen molar-refractivity contribution in [2.45, 2.75) is 44.5 Å². The molecule has 3 atom stereocenters. The van der Waals surface area contributed by atoms with E-state index in [1.807, 2.05) is 11.5 Å². The van der Waals surface area contributed by atoms with Crippen LogP contribution in [0, 0.1) is 16.7 Å². The number of nitrogens with zero attached hydrogens (tertiary/aromatic N) is 4. The lowest BCUT2D eigenvalue weighted by Crippen LogP contribution is -2.50. The molecule has 1 saturated carbocycles. The fourth-order valence-corrected chi connectivity index (χ4v) is 4.48. The van der Waals surface area contributed by atoms with Gasteiger partial charge < -0.3 is 14.2 Å². The molecule has 0 bridgehead atoms. The second kappa shape index (κ2) is 5.70. The Labute approximate surface area is 151 Å². The largest absolute Gasteiger partial charge is 0.441 e. The van der Waals surface area contributed by atoms with E-state index in [9.17, 15) is 9.18 Å². The molecule has 0 radical (unpaired) electrons. The summed E-state index contributed by atoms with van der Waals surface area (Å²) in [4.78, 5) is 17.8. The number of halogens is 1. The Morgan fingerprint density at radius 1 is 1.50 bits per heavy atom. The van der Waals surface area contributed by atoms with Gasteiger partial charge in [0.2, 0.25) is 0 Å². The lowest BCUT2D eigenvalue weighted by molar-refractivity contribution is -0.0669. The summed E-state index contributed by atoms with van der Waals surface area (Å²) in [5.41, 5.74) is 0.850. The average molecular weight is 356 g/mol. The number of hydrogen-bond donors (Lipinski definition) is 0. The first-order valence-electron chi connectivity index (χ1n) is 8.77. The molecule has 1 amide bonds. The van der Waals surface area contributed by atoms with E-state index in [-0.39, 0.29) is 6.09 Å². The normalized spacial score (nSPS) is 31.4. The number of carbonyl (C=O) groups is 1. The number of amides is 1. The van der Waals surface area contributed by atoms with Crippen molar-refractivity contribution in [3.63, 3.8) is 0 Å². The predicted molar refractivity (Wildman–Crippen MR) is 93.1 cm³/mol. The van der Waals surface area contributed by atoms with Gasteiger partial charge in [0, 0.05) is 19.0 Å². The third-order valence-corrected chi connectivity index (χ3v) is 5.76. The summed E-state index contributed by atoms with van der Waals surface area (Å²) in [5.74, 6) is 0. The monoisotopic (exact) mass is 356 g/mol. The lowest BCUT2D eigenvalue weighted by atomic mass is 9.67. The summed E-state index contributed by atoms with van der Waals surface area (Å²) in [6.45, 7) is 2.82. The molecule has 6 nitrogen and oxygen atoms in total. The topological polar surface area (TPSA) is 71.2 Å². The van der Waals surface area contributed by atoms with Gasteiger partial charge in [0.15, 0.2) is 0 Å². The SMILES string of the molecule is CN1C[C@@]2(CC[C@@H](F)[C@](C)(Cn3cnc4ccc(C#N)cc43)C2)OC1=O. The smallest absolute Gasteiger partial charge is 0.410 e. The van der Waals surface area contributed by atoms with Gasteiger partial charge >= 0.3 is 6.09 Å².